The van der Waals surface area contributed by atoms with E-state index in [4.69, 9.17) is 5.26 Å². The molecule has 0 radical (unpaired) electrons. The van der Waals surface area contributed by atoms with E-state index in [9.17, 15) is 8.42 Å². The van der Waals surface area contributed by atoms with Crippen molar-refractivity contribution in [1.29, 1.82) is 5.26 Å². The molecule has 3 aromatic rings. The molecule has 1 aromatic carbocycles. The number of nitriles is 1. The van der Waals surface area contributed by atoms with Gasteiger partial charge in [0.25, 0.3) is 10.0 Å². The minimum atomic E-state index is -3.67. The predicted octanol–water partition coefficient (Wildman–Crippen LogP) is 3.52. The number of benzene rings is 1. The number of thiophene rings is 1. The number of nitrogens with zero attached hydrogens (tertiary/aromatic N) is 3. The Hall–Kier alpha value is -2.96. The fourth-order valence-electron chi connectivity index (χ4n) is 2.11. The average molecular weight is 385 g/mol. The van der Waals surface area contributed by atoms with Crippen LogP contribution >= 0.6 is 11.3 Å². The summed E-state index contributed by atoms with van der Waals surface area (Å²) in [6.07, 6.45) is 0.787. The highest BCUT2D eigenvalue weighted by Crippen LogP contribution is 2.24. The summed E-state index contributed by atoms with van der Waals surface area (Å²) in [5.41, 5.74) is 1.31. The topological polar surface area (TPSA) is 108 Å². The third kappa shape index (κ3) is 4.17. The van der Waals surface area contributed by atoms with Crippen LogP contribution < -0.4 is 10.0 Å². The van der Waals surface area contributed by atoms with Crippen molar-refractivity contribution < 1.29 is 8.42 Å². The molecule has 0 fully saturated rings. The molecule has 0 aliphatic rings. The Morgan fingerprint density at radius 3 is 2.31 bits per heavy atom. The molecule has 2 N–H and O–H groups in total. The van der Waals surface area contributed by atoms with Crippen LogP contribution in [-0.4, -0.2) is 18.6 Å². The molecule has 0 amide bonds. The number of nitrogens with one attached hydrogen (secondary N) is 2. The smallest absolute Gasteiger partial charge is 0.272 e. The molecule has 0 unspecified atom stereocenters. The maximum atomic E-state index is 12.4. The number of anilines is 3. The number of hydrogen-bond acceptors (Lipinski definition) is 7. The lowest BCUT2D eigenvalue weighted by molar-refractivity contribution is 0.603. The Kier molecular flexibility index (Phi) is 5.16. The molecule has 0 bridgehead atoms. The maximum absolute atomic E-state index is 12.4. The Morgan fingerprint density at radius 2 is 1.73 bits per heavy atom. The van der Waals surface area contributed by atoms with Gasteiger partial charge in [-0.3, -0.25) is 4.72 Å². The van der Waals surface area contributed by atoms with Gasteiger partial charge in [0, 0.05) is 10.6 Å². The summed E-state index contributed by atoms with van der Waals surface area (Å²) in [6, 6.07) is 15.4. The zero-order valence-corrected chi connectivity index (χ0v) is 15.4. The van der Waals surface area contributed by atoms with E-state index in [0.29, 0.717) is 11.4 Å². The molecule has 0 saturated carbocycles. The molecule has 26 heavy (non-hydrogen) atoms. The summed E-state index contributed by atoms with van der Waals surface area (Å²) in [5, 5.41) is 19.7. The summed E-state index contributed by atoms with van der Waals surface area (Å²) in [7, 11) is -3.67. The van der Waals surface area contributed by atoms with Gasteiger partial charge >= 0.3 is 0 Å². The van der Waals surface area contributed by atoms with Crippen LogP contribution in [-0.2, 0) is 16.4 Å². The standard InChI is InChI=1S/C17H15N5O2S2/c1-2-14-7-10-17(25-14)26(23,24)22-16-9-8-15(20-21-16)19-13-5-3-12(11-18)4-6-13/h3-10H,2H2,1H3,(H,19,20)(H,21,22). The highest BCUT2D eigenvalue weighted by Gasteiger charge is 2.17. The Bertz CT molecular complexity index is 1040. The minimum absolute atomic E-state index is 0.141. The van der Waals surface area contributed by atoms with Gasteiger partial charge < -0.3 is 5.32 Å². The number of sulfonamides is 1. The van der Waals surface area contributed by atoms with Gasteiger partial charge in [-0.1, -0.05) is 6.92 Å². The van der Waals surface area contributed by atoms with Crippen LogP contribution in [0.1, 0.15) is 17.4 Å². The zero-order chi connectivity index (χ0) is 18.6. The molecule has 0 atom stereocenters. The van der Waals surface area contributed by atoms with Gasteiger partial charge in [-0.25, -0.2) is 8.42 Å². The van der Waals surface area contributed by atoms with Crippen molar-refractivity contribution in [3.8, 4) is 6.07 Å². The van der Waals surface area contributed by atoms with Gasteiger partial charge in [-0.15, -0.1) is 21.5 Å². The van der Waals surface area contributed by atoms with Crippen LogP contribution in [0.15, 0.2) is 52.7 Å². The predicted molar refractivity (Wildman–Crippen MR) is 101 cm³/mol. The lowest BCUT2D eigenvalue weighted by Crippen LogP contribution is -2.13. The number of hydrogen-bond donors (Lipinski definition) is 2. The third-order valence-corrected chi connectivity index (χ3v) is 6.52. The van der Waals surface area contributed by atoms with E-state index in [1.807, 2.05) is 13.0 Å². The number of rotatable bonds is 6. The Labute approximate surface area is 155 Å². The van der Waals surface area contributed by atoms with Crippen LogP contribution in [0.25, 0.3) is 0 Å². The van der Waals surface area contributed by atoms with E-state index in [2.05, 4.69) is 20.2 Å². The van der Waals surface area contributed by atoms with Crippen LogP contribution in [0.5, 0.6) is 0 Å². The summed E-state index contributed by atoms with van der Waals surface area (Å²) in [6.45, 7) is 1.97. The van der Waals surface area contributed by atoms with Gasteiger partial charge in [0.2, 0.25) is 0 Å². The maximum Gasteiger partial charge on any atom is 0.272 e. The largest absolute Gasteiger partial charge is 0.339 e. The highest BCUT2D eigenvalue weighted by atomic mass is 32.2. The van der Waals surface area contributed by atoms with Crippen molar-refractivity contribution in [2.75, 3.05) is 10.0 Å². The second-order valence-corrected chi connectivity index (χ2v) is 8.38. The van der Waals surface area contributed by atoms with Crippen LogP contribution in [0.2, 0.25) is 0 Å². The fraction of sp³-hybridized carbons (Fsp3) is 0.118. The quantitative estimate of drug-likeness (QED) is 0.672. The summed E-state index contributed by atoms with van der Waals surface area (Å²) in [4.78, 5) is 0.999. The van der Waals surface area contributed by atoms with Crippen molar-refractivity contribution in [2.24, 2.45) is 0 Å². The first-order chi connectivity index (χ1) is 12.5. The molecule has 0 spiro atoms. The number of aromatic nitrogens is 2. The molecule has 3 rings (SSSR count). The zero-order valence-electron chi connectivity index (χ0n) is 13.8. The van der Waals surface area contributed by atoms with E-state index in [-0.39, 0.29) is 10.0 Å². The normalized spacial score (nSPS) is 10.9. The SMILES string of the molecule is CCc1ccc(S(=O)(=O)Nc2ccc(Nc3ccc(C#N)cc3)nn2)s1. The fourth-order valence-corrected chi connectivity index (χ4v) is 4.40. The van der Waals surface area contributed by atoms with Crippen molar-refractivity contribution in [3.05, 3.63) is 59.0 Å². The molecule has 7 nitrogen and oxygen atoms in total. The molecule has 0 aliphatic heterocycles. The summed E-state index contributed by atoms with van der Waals surface area (Å²) < 4.78 is 27.4. The van der Waals surface area contributed by atoms with E-state index < -0.39 is 10.0 Å². The van der Waals surface area contributed by atoms with Gasteiger partial charge in [-0.2, -0.15) is 5.26 Å². The molecule has 2 aromatic heterocycles. The lowest BCUT2D eigenvalue weighted by atomic mass is 10.2. The van der Waals surface area contributed by atoms with Crippen molar-refractivity contribution in [2.45, 2.75) is 17.6 Å². The molecule has 2 heterocycles. The molecular weight excluding hydrogens is 370 g/mol. The molecular formula is C17H15N5O2S2. The van der Waals surface area contributed by atoms with Gasteiger partial charge in [0.05, 0.1) is 11.6 Å². The van der Waals surface area contributed by atoms with E-state index in [1.165, 1.54) is 17.4 Å². The molecule has 0 saturated heterocycles. The monoisotopic (exact) mass is 385 g/mol. The van der Waals surface area contributed by atoms with Gasteiger partial charge in [0.15, 0.2) is 11.6 Å². The van der Waals surface area contributed by atoms with Gasteiger partial charge in [0.1, 0.15) is 4.21 Å². The average Bonchev–Trinajstić information content (AvgIpc) is 3.14. The first kappa shape index (κ1) is 17.8. The van der Waals surface area contributed by atoms with Crippen LogP contribution in [0, 0.1) is 11.3 Å². The first-order valence-corrected chi connectivity index (χ1v) is 10.0. The van der Waals surface area contributed by atoms with E-state index in [1.54, 1.807) is 42.5 Å². The van der Waals surface area contributed by atoms with Crippen LogP contribution in [0.4, 0.5) is 17.3 Å². The van der Waals surface area contributed by atoms with E-state index >= 15 is 0 Å². The van der Waals surface area contributed by atoms with Crippen molar-refractivity contribution in [3.63, 3.8) is 0 Å². The molecule has 9 heteroatoms. The Balaban J connectivity index is 1.69. The summed E-state index contributed by atoms with van der Waals surface area (Å²) in [5.74, 6) is 0.601. The second kappa shape index (κ2) is 7.51. The third-order valence-electron chi connectivity index (χ3n) is 3.44. The second-order valence-electron chi connectivity index (χ2n) is 5.30. The molecule has 132 valence electrons. The lowest BCUT2D eigenvalue weighted by Gasteiger charge is -2.07. The van der Waals surface area contributed by atoms with Crippen molar-refractivity contribution in [1.82, 2.24) is 10.2 Å². The summed E-state index contributed by atoms with van der Waals surface area (Å²) >= 11 is 1.23. The van der Waals surface area contributed by atoms with Gasteiger partial charge in [-0.05, 0) is 55.0 Å². The van der Waals surface area contributed by atoms with E-state index in [0.717, 1.165) is 17.0 Å². The van der Waals surface area contributed by atoms with Crippen molar-refractivity contribution >= 4 is 38.7 Å². The highest BCUT2D eigenvalue weighted by molar-refractivity contribution is 7.94. The minimum Gasteiger partial charge on any atom is -0.339 e. The Morgan fingerprint density at radius 1 is 1.04 bits per heavy atom. The number of aryl methyl sites for hydroxylation is 1. The first-order valence-electron chi connectivity index (χ1n) is 7.72. The molecule has 0 aliphatic carbocycles. The van der Waals surface area contributed by atoms with Crippen LogP contribution in [0.3, 0.4) is 0 Å².